The highest BCUT2D eigenvalue weighted by molar-refractivity contribution is 5.81. The van der Waals surface area contributed by atoms with E-state index in [4.69, 9.17) is 9.15 Å². The van der Waals surface area contributed by atoms with Crippen molar-refractivity contribution in [2.75, 3.05) is 13.1 Å². The number of aromatic nitrogens is 4. The zero-order chi connectivity index (χ0) is 23.7. The van der Waals surface area contributed by atoms with Crippen LogP contribution in [0.3, 0.4) is 0 Å². The Morgan fingerprint density at radius 3 is 2.85 bits per heavy atom. The number of ether oxygens (including phenoxy) is 1. The fourth-order valence-electron chi connectivity index (χ4n) is 4.00. The molecule has 174 valence electrons. The van der Waals surface area contributed by atoms with Gasteiger partial charge in [0.15, 0.2) is 17.9 Å². The first-order valence-electron chi connectivity index (χ1n) is 11.0. The summed E-state index contributed by atoms with van der Waals surface area (Å²) in [5.41, 5.74) is 3.69. The third kappa shape index (κ3) is 4.47. The molecule has 4 aromatic rings. The summed E-state index contributed by atoms with van der Waals surface area (Å²) in [5.74, 6) is 1.91. The second kappa shape index (κ2) is 9.18. The van der Waals surface area contributed by atoms with E-state index >= 15 is 0 Å². The van der Waals surface area contributed by atoms with Crippen LogP contribution >= 0.6 is 0 Å². The molecule has 1 aliphatic heterocycles. The number of halogens is 1. The van der Waals surface area contributed by atoms with Gasteiger partial charge in [-0.1, -0.05) is 18.2 Å². The van der Waals surface area contributed by atoms with E-state index in [1.807, 2.05) is 24.6 Å². The standard InChI is InChI=1S/C25H24FN5O3/c1-16-3-4-18(20(26)11-16)15-33-23-5-8-27-24(29-23)17-6-9-31(10-7-17)13-22-28-25-21(30(22)2)12-19(14-32)34-25/h3-6,8,11-12,14H,7,9-10,13,15H2,1-2H3. The van der Waals surface area contributed by atoms with Crippen LogP contribution in [0.5, 0.6) is 5.88 Å². The van der Waals surface area contributed by atoms with Crippen molar-refractivity contribution in [3.05, 3.63) is 77.0 Å². The number of hydrogen-bond acceptors (Lipinski definition) is 7. The second-order valence-corrected chi connectivity index (χ2v) is 8.36. The Morgan fingerprint density at radius 1 is 1.24 bits per heavy atom. The van der Waals surface area contributed by atoms with Crippen LogP contribution < -0.4 is 4.74 Å². The molecule has 0 unspecified atom stereocenters. The number of furan rings is 1. The smallest absolute Gasteiger partial charge is 0.245 e. The highest BCUT2D eigenvalue weighted by Gasteiger charge is 2.19. The van der Waals surface area contributed by atoms with Crippen LogP contribution in [0.25, 0.3) is 16.8 Å². The third-order valence-corrected chi connectivity index (χ3v) is 5.97. The van der Waals surface area contributed by atoms with E-state index in [0.717, 1.165) is 42.0 Å². The second-order valence-electron chi connectivity index (χ2n) is 8.36. The number of benzene rings is 1. The van der Waals surface area contributed by atoms with Crippen molar-refractivity contribution in [2.24, 2.45) is 7.05 Å². The molecule has 0 spiro atoms. The summed E-state index contributed by atoms with van der Waals surface area (Å²) < 4.78 is 27.2. The third-order valence-electron chi connectivity index (χ3n) is 5.97. The fraction of sp³-hybridized carbons (Fsp3) is 0.280. The van der Waals surface area contributed by atoms with Gasteiger partial charge in [-0.05, 0) is 30.5 Å². The van der Waals surface area contributed by atoms with Gasteiger partial charge in [0, 0.05) is 44.0 Å². The van der Waals surface area contributed by atoms with Gasteiger partial charge in [0.05, 0.1) is 6.54 Å². The first kappa shape index (κ1) is 22.0. The van der Waals surface area contributed by atoms with E-state index in [-0.39, 0.29) is 18.2 Å². The minimum Gasteiger partial charge on any atom is -0.473 e. The number of imidazole rings is 1. The molecular weight excluding hydrogens is 437 g/mol. The van der Waals surface area contributed by atoms with E-state index in [1.54, 1.807) is 24.4 Å². The van der Waals surface area contributed by atoms with Gasteiger partial charge in [-0.2, -0.15) is 9.97 Å². The predicted octanol–water partition coefficient (Wildman–Crippen LogP) is 4.08. The minimum atomic E-state index is -0.283. The van der Waals surface area contributed by atoms with E-state index in [9.17, 15) is 9.18 Å². The van der Waals surface area contributed by atoms with Crippen molar-refractivity contribution < 1.29 is 18.3 Å². The van der Waals surface area contributed by atoms with Gasteiger partial charge >= 0.3 is 0 Å². The lowest BCUT2D eigenvalue weighted by molar-refractivity contribution is 0.110. The molecule has 34 heavy (non-hydrogen) atoms. The highest BCUT2D eigenvalue weighted by Crippen LogP contribution is 2.24. The van der Waals surface area contributed by atoms with Gasteiger partial charge in [0.2, 0.25) is 11.6 Å². The molecule has 0 N–H and O–H groups in total. The van der Waals surface area contributed by atoms with Crippen molar-refractivity contribution in [2.45, 2.75) is 26.5 Å². The first-order valence-corrected chi connectivity index (χ1v) is 11.0. The van der Waals surface area contributed by atoms with Crippen LogP contribution in [0.1, 0.15) is 39.8 Å². The summed E-state index contributed by atoms with van der Waals surface area (Å²) in [6, 6.07) is 8.46. The molecule has 0 radical (unpaired) electrons. The van der Waals surface area contributed by atoms with Crippen LogP contribution in [0.2, 0.25) is 0 Å². The van der Waals surface area contributed by atoms with Crippen LogP contribution in [-0.2, 0) is 20.2 Å². The molecule has 1 aliphatic rings. The van der Waals surface area contributed by atoms with Crippen molar-refractivity contribution in [3.63, 3.8) is 0 Å². The van der Waals surface area contributed by atoms with Gasteiger partial charge < -0.3 is 13.7 Å². The molecule has 0 bridgehead atoms. The Kier molecular flexibility index (Phi) is 5.93. The zero-order valence-corrected chi connectivity index (χ0v) is 19.0. The molecule has 0 saturated heterocycles. The Labute approximate surface area is 195 Å². The zero-order valence-electron chi connectivity index (χ0n) is 19.0. The number of carbonyl (C=O) groups is 1. The Hall–Kier alpha value is -3.85. The SMILES string of the molecule is Cc1ccc(COc2ccnc(C3=CCN(Cc4nc5oc(C=O)cc5n4C)CC3)n2)c(F)c1. The Balaban J connectivity index is 1.23. The monoisotopic (exact) mass is 461 g/mol. The minimum absolute atomic E-state index is 0.107. The summed E-state index contributed by atoms with van der Waals surface area (Å²) in [7, 11) is 1.92. The molecule has 4 heterocycles. The van der Waals surface area contributed by atoms with Gasteiger partial charge in [-0.15, -0.1) is 0 Å². The topological polar surface area (TPSA) is 86.3 Å². The highest BCUT2D eigenvalue weighted by atomic mass is 19.1. The van der Waals surface area contributed by atoms with Gasteiger partial charge in [0.25, 0.3) is 0 Å². The van der Waals surface area contributed by atoms with Crippen LogP contribution in [-0.4, -0.2) is 43.8 Å². The molecule has 9 heteroatoms. The maximum atomic E-state index is 14.1. The fourth-order valence-corrected chi connectivity index (χ4v) is 4.00. The summed E-state index contributed by atoms with van der Waals surface area (Å²) in [4.78, 5) is 26.6. The van der Waals surface area contributed by atoms with Crippen molar-refractivity contribution >= 4 is 23.1 Å². The number of rotatable bonds is 7. The molecule has 0 fully saturated rings. The van der Waals surface area contributed by atoms with Gasteiger partial charge in [-0.3, -0.25) is 9.69 Å². The Morgan fingerprint density at radius 2 is 2.12 bits per heavy atom. The number of nitrogens with zero attached hydrogens (tertiary/aromatic N) is 5. The van der Waals surface area contributed by atoms with E-state index in [0.29, 0.717) is 35.8 Å². The maximum absolute atomic E-state index is 14.1. The molecule has 8 nitrogen and oxygen atoms in total. The lowest BCUT2D eigenvalue weighted by Gasteiger charge is -2.25. The summed E-state index contributed by atoms with van der Waals surface area (Å²) >= 11 is 0. The van der Waals surface area contributed by atoms with E-state index in [2.05, 4.69) is 25.9 Å². The number of fused-ring (bicyclic) bond motifs is 1. The first-order chi connectivity index (χ1) is 16.5. The van der Waals surface area contributed by atoms with Crippen LogP contribution in [0.15, 0.2) is 47.0 Å². The Bertz CT molecular complexity index is 1390. The summed E-state index contributed by atoms with van der Waals surface area (Å²) in [6.07, 6.45) is 5.24. The number of hydrogen-bond donors (Lipinski definition) is 0. The van der Waals surface area contributed by atoms with Crippen molar-refractivity contribution in [3.8, 4) is 5.88 Å². The predicted molar refractivity (Wildman–Crippen MR) is 124 cm³/mol. The lowest BCUT2D eigenvalue weighted by atomic mass is 10.1. The van der Waals surface area contributed by atoms with Crippen LogP contribution in [0, 0.1) is 12.7 Å². The average Bonchev–Trinajstić information content (AvgIpc) is 3.38. The maximum Gasteiger partial charge on any atom is 0.245 e. The van der Waals surface area contributed by atoms with Crippen molar-refractivity contribution in [1.82, 2.24) is 24.4 Å². The number of carbonyl (C=O) groups excluding carboxylic acids is 1. The largest absolute Gasteiger partial charge is 0.473 e. The number of aryl methyl sites for hydroxylation is 2. The summed E-state index contributed by atoms with van der Waals surface area (Å²) in [5, 5.41) is 0. The normalized spacial score (nSPS) is 14.4. The van der Waals surface area contributed by atoms with Crippen molar-refractivity contribution in [1.29, 1.82) is 0 Å². The van der Waals surface area contributed by atoms with Gasteiger partial charge in [0.1, 0.15) is 23.8 Å². The molecule has 0 aliphatic carbocycles. The molecule has 0 atom stereocenters. The molecule has 0 saturated carbocycles. The molecule has 3 aromatic heterocycles. The quantitative estimate of drug-likeness (QED) is 0.383. The molecule has 5 rings (SSSR count). The van der Waals surface area contributed by atoms with Crippen LogP contribution in [0.4, 0.5) is 4.39 Å². The van der Waals surface area contributed by atoms with E-state index < -0.39 is 0 Å². The molecule has 0 amide bonds. The lowest BCUT2D eigenvalue weighted by Crippen LogP contribution is -2.29. The average molecular weight is 461 g/mol. The summed E-state index contributed by atoms with van der Waals surface area (Å²) in [6.45, 7) is 4.17. The molecule has 1 aromatic carbocycles. The molecular formula is C25H24FN5O3. The van der Waals surface area contributed by atoms with Gasteiger partial charge in [-0.25, -0.2) is 9.37 Å². The van der Waals surface area contributed by atoms with E-state index in [1.165, 1.54) is 6.07 Å². The number of aldehydes is 1.